The van der Waals surface area contributed by atoms with Crippen LogP contribution >= 0.6 is 0 Å². The second-order valence-electron chi connectivity index (χ2n) is 5.80. The van der Waals surface area contributed by atoms with Gasteiger partial charge < -0.3 is 14.6 Å². The van der Waals surface area contributed by atoms with Crippen molar-refractivity contribution in [2.24, 2.45) is 5.10 Å². The Balaban J connectivity index is 1.88. The number of rotatable bonds is 6. The number of amides is 1. The topological polar surface area (TPSA) is 97.2 Å². The van der Waals surface area contributed by atoms with Gasteiger partial charge in [0.1, 0.15) is 5.56 Å². The molecule has 142 valence electrons. The van der Waals surface area contributed by atoms with Crippen LogP contribution in [0.3, 0.4) is 0 Å². The van der Waals surface area contributed by atoms with Crippen LogP contribution < -0.4 is 14.9 Å². The predicted molar refractivity (Wildman–Crippen MR) is 106 cm³/mol. The average molecular weight is 378 g/mol. The molecule has 0 aromatic heterocycles. The molecule has 0 saturated carbocycles. The van der Waals surface area contributed by atoms with Crippen LogP contribution in [-0.2, 0) is 0 Å². The number of hydrogen-bond donors (Lipinski definition) is 2. The lowest BCUT2D eigenvalue weighted by Crippen LogP contribution is -2.18. The smallest absolute Gasteiger partial charge is 0.340 e. The van der Waals surface area contributed by atoms with E-state index in [-0.39, 0.29) is 22.6 Å². The van der Waals surface area contributed by atoms with Gasteiger partial charge in [-0.3, -0.25) is 4.79 Å². The molecule has 0 heterocycles. The van der Waals surface area contributed by atoms with Crippen LogP contribution in [0.5, 0.6) is 11.5 Å². The third-order valence-electron chi connectivity index (χ3n) is 4.20. The molecule has 0 atom stereocenters. The van der Waals surface area contributed by atoms with Crippen LogP contribution in [0.4, 0.5) is 0 Å². The number of hydrogen-bond acceptors (Lipinski definition) is 5. The molecule has 28 heavy (non-hydrogen) atoms. The quantitative estimate of drug-likeness (QED) is 0.507. The number of carboxylic acid groups (broad SMARTS) is 1. The number of carbonyl (C=O) groups excluding carboxylic acids is 1. The molecule has 2 N–H and O–H groups in total. The SMILES string of the molecule is COc1ccc(C=NNC(=O)c2cccc3ccccc23)c(C(=O)O)c1OC. The zero-order chi connectivity index (χ0) is 20.1. The lowest BCUT2D eigenvalue weighted by Gasteiger charge is -2.12. The highest BCUT2D eigenvalue weighted by Crippen LogP contribution is 2.32. The number of benzene rings is 3. The summed E-state index contributed by atoms with van der Waals surface area (Å²) in [7, 11) is 2.77. The van der Waals surface area contributed by atoms with E-state index in [0.717, 1.165) is 10.8 Å². The molecule has 7 nitrogen and oxygen atoms in total. The fourth-order valence-electron chi connectivity index (χ4n) is 2.91. The van der Waals surface area contributed by atoms with Gasteiger partial charge in [0.2, 0.25) is 0 Å². The maximum absolute atomic E-state index is 12.5. The molecule has 0 aliphatic carbocycles. The van der Waals surface area contributed by atoms with E-state index < -0.39 is 11.9 Å². The van der Waals surface area contributed by atoms with E-state index >= 15 is 0 Å². The summed E-state index contributed by atoms with van der Waals surface area (Å²) >= 11 is 0. The Kier molecular flexibility index (Phi) is 5.55. The van der Waals surface area contributed by atoms with Gasteiger partial charge in [0.25, 0.3) is 5.91 Å². The Morgan fingerprint density at radius 2 is 1.75 bits per heavy atom. The number of carboxylic acids is 1. The summed E-state index contributed by atoms with van der Waals surface area (Å²) in [4.78, 5) is 24.2. The van der Waals surface area contributed by atoms with Gasteiger partial charge in [-0.05, 0) is 29.0 Å². The average Bonchev–Trinajstić information content (AvgIpc) is 2.72. The van der Waals surface area contributed by atoms with Crippen LogP contribution in [0.25, 0.3) is 10.8 Å². The molecule has 7 heteroatoms. The van der Waals surface area contributed by atoms with Crippen molar-refractivity contribution < 1.29 is 24.2 Å². The van der Waals surface area contributed by atoms with Crippen LogP contribution in [0.15, 0.2) is 59.7 Å². The monoisotopic (exact) mass is 378 g/mol. The summed E-state index contributed by atoms with van der Waals surface area (Å²) in [5, 5.41) is 15.2. The Morgan fingerprint density at radius 1 is 1.00 bits per heavy atom. The van der Waals surface area contributed by atoms with Crippen molar-refractivity contribution in [2.75, 3.05) is 14.2 Å². The molecule has 3 aromatic rings. The maximum Gasteiger partial charge on any atom is 0.340 e. The predicted octanol–water partition coefficient (Wildman–Crippen LogP) is 3.32. The lowest BCUT2D eigenvalue weighted by molar-refractivity contribution is 0.0692. The van der Waals surface area contributed by atoms with Crippen LogP contribution in [-0.4, -0.2) is 37.4 Å². The van der Waals surface area contributed by atoms with Crippen molar-refractivity contribution in [3.63, 3.8) is 0 Å². The summed E-state index contributed by atoms with van der Waals surface area (Å²) in [5.41, 5.74) is 3.07. The van der Waals surface area contributed by atoms with Gasteiger partial charge in [0.15, 0.2) is 11.5 Å². The van der Waals surface area contributed by atoms with Crippen LogP contribution in [0.1, 0.15) is 26.3 Å². The minimum absolute atomic E-state index is 0.0827. The number of methoxy groups -OCH3 is 2. The highest BCUT2D eigenvalue weighted by atomic mass is 16.5. The number of hydrazone groups is 1. The summed E-state index contributed by atoms with van der Waals surface area (Å²) in [6, 6.07) is 16.0. The number of carbonyl (C=O) groups is 2. The zero-order valence-electron chi connectivity index (χ0n) is 15.3. The van der Waals surface area contributed by atoms with Crippen molar-refractivity contribution in [3.8, 4) is 11.5 Å². The normalized spacial score (nSPS) is 10.8. The summed E-state index contributed by atoms with van der Waals surface area (Å²) in [6.07, 6.45) is 1.26. The van der Waals surface area contributed by atoms with E-state index in [1.165, 1.54) is 26.5 Å². The van der Waals surface area contributed by atoms with Gasteiger partial charge in [-0.25, -0.2) is 10.2 Å². The van der Waals surface area contributed by atoms with Crippen LogP contribution in [0.2, 0.25) is 0 Å². The van der Waals surface area contributed by atoms with Crippen molar-refractivity contribution in [1.82, 2.24) is 5.43 Å². The van der Waals surface area contributed by atoms with Gasteiger partial charge >= 0.3 is 5.97 Å². The van der Waals surface area contributed by atoms with Gasteiger partial charge in [-0.1, -0.05) is 36.4 Å². The molecular weight excluding hydrogens is 360 g/mol. The minimum atomic E-state index is -1.20. The molecule has 3 aromatic carbocycles. The van der Waals surface area contributed by atoms with E-state index in [9.17, 15) is 14.7 Å². The van der Waals surface area contributed by atoms with Gasteiger partial charge in [-0.15, -0.1) is 0 Å². The first-order valence-electron chi connectivity index (χ1n) is 8.36. The van der Waals surface area contributed by atoms with E-state index in [2.05, 4.69) is 10.5 Å². The Labute approximate surface area is 161 Å². The highest BCUT2D eigenvalue weighted by Gasteiger charge is 2.20. The fraction of sp³-hybridized carbons (Fsp3) is 0.0952. The van der Waals surface area contributed by atoms with Crippen molar-refractivity contribution in [2.45, 2.75) is 0 Å². The molecule has 0 unspecified atom stereocenters. The van der Waals surface area contributed by atoms with Crippen molar-refractivity contribution >= 4 is 28.9 Å². The van der Waals surface area contributed by atoms with Gasteiger partial charge in [-0.2, -0.15) is 5.10 Å². The molecule has 0 aliphatic rings. The number of fused-ring (bicyclic) bond motifs is 1. The third-order valence-corrected chi connectivity index (χ3v) is 4.20. The molecule has 0 radical (unpaired) electrons. The summed E-state index contributed by atoms with van der Waals surface area (Å²) in [6.45, 7) is 0. The van der Waals surface area contributed by atoms with E-state index in [1.807, 2.05) is 30.3 Å². The number of ether oxygens (including phenoxy) is 2. The van der Waals surface area contributed by atoms with Gasteiger partial charge in [0.05, 0.1) is 20.4 Å². The maximum atomic E-state index is 12.5. The minimum Gasteiger partial charge on any atom is -0.493 e. The fourth-order valence-corrected chi connectivity index (χ4v) is 2.91. The second-order valence-corrected chi connectivity index (χ2v) is 5.80. The molecule has 0 saturated heterocycles. The molecule has 0 fully saturated rings. The standard InChI is InChI=1S/C21H18N2O5/c1-27-17-11-10-14(18(21(25)26)19(17)28-2)12-22-23-20(24)16-9-5-7-13-6-3-4-8-15(13)16/h3-12H,1-2H3,(H,23,24)(H,25,26). The van der Waals surface area contributed by atoms with E-state index in [1.54, 1.807) is 18.2 Å². The van der Waals surface area contributed by atoms with E-state index in [4.69, 9.17) is 9.47 Å². The first-order valence-corrected chi connectivity index (χ1v) is 8.36. The first-order chi connectivity index (χ1) is 13.6. The number of nitrogens with one attached hydrogen (secondary N) is 1. The molecule has 1 amide bonds. The van der Waals surface area contributed by atoms with Crippen molar-refractivity contribution in [3.05, 3.63) is 71.3 Å². The van der Waals surface area contributed by atoms with Gasteiger partial charge in [0, 0.05) is 11.1 Å². The Hall–Kier alpha value is -3.87. The Morgan fingerprint density at radius 3 is 2.46 bits per heavy atom. The lowest BCUT2D eigenvalue weighted by atomic mass is 10.0. The summed E-state index contributed by atoms with van der Waals surface area (Å²) in [5.74, 6) is -1.22. The molecule has 0 aliphatic heterocycles. The largest absolute Gasteiger partial charge is 0.493 e. The first kappa shape index (κ1) is 18.9. The molecular formula is C21H18N2O5. The van der Waals surface area contributed by atoms with E-state index in [0.29, 0.717) is 5.56 Å². The van der Waals surface area contributed by atoms with Crippen molar-refractivity contribution in [1.29, 1.82) is 0 Å². The molecule has 3 rings (SSSR count). The second kappa shape index (κ2) is 8.22. The molecule has 0 spiro atoms. The van der Waals surface area contributed by atoms with Crippen LogP contribution in [0, 0.1) is 0 Å². The number of nitrogens with zero attached hydrogens (tertiary/aromatic N) is 1. The number of aromatic carboxylic acids is 1. The molecule has 0 bridgehead atoms. The highest BCUT2D eigenvalue weighted by molar-refractivity contribution is 6.07. The Bertz CT molecular complexity index is 1070. The zero-order valence-corrected chi connectivity index (χ0v) is 15.3. The third kappa shape index (κ3) is 3.64. The summed E-state index contributed by atoms with van der Waals surface area (Å²) < 4.78 is 10.3.